The fourth-order valence-corrected chi connectivity index (χ4v) is 1.36. The summed E-state index contributed by atoms with van der Waals surface area (Å²) in [6.45, 7) is 12.9. The molecule has 0 aliphatic heterocycles. The molecule has 0 rings (SSSR count). The van der Waals surface area contributed by atoms with Gasteiger partial charge in [0.05, 0.1) is 18.0 Å². The fraction of sp³-hybridized carbons (Fsp3) is 0.917. The molecule has 0 aliphatic rings. The van der Waals surface area contributed by atoms with Crippen LogP contribution in [-0.2, 0) is 4.74 Å². The Labute approximate surface area is 99.7 Å². The molecule has 0 saturated heterocycles. The molecule has 0 radical (unpaired) electrons. The molecule has 0 spiro atoms. The van der Waals surface area contributed by atoms with Crippen molar-refractivity contribution in [3.8, 4) is 0 Å². The van der Waals surface area contributed by atoms with E-state index < -0.39 is 0 Å². The van der Waals surface area contributed by atoms with Gasteiger partial charge in [-0.1, -0.05) is 0 Å². The summed E-state index contributed by atoms with van der Waals surface area (Å²) < 4.78 is 5.69. The van der Waals surface area contributed by atoms with Crippen molar-refractivity contribution in [3.63, 3.8) is 0 Å². The Morgan fingerprint density at radius 2 is 1.88 bits per heavy atom. The van der Waals surface area contributed by atoms with Crippen molar-refractivity contribution < 1.29 is 4.74 Å². The molecule has 0 amide bonds. The first-order chi connectivity index (χ1) is 7.22. The van der Waals surface area contributed by atoms with Crippen LogP contribution in [0.1, 0.15) is 41.0 Å². The minimum absolute atomic E-state index is 0.0801. The first-order valence-corrected chi connectivity index (χ1v) is 5.93. The van der Waals surface area contributed by atoms with Gasteiger partial charge in [-0.2, -0.15) is 0 Å². The van der Waals surface area contributed by atoms with Gasteiger partial charge in [0.25, 0.3) is 0 Å². The summed E-state index contributed by atoms with van der Waals surface area (Å²) in [6, 6.07) is 0.461. The number of nitrogens with zero attached hydrogens (tertiary/aromatic N) is 1. The molecule has 0 heterocycles. The average molecular weight is 229 g/mol. The Hall–Kier alpha value is -0.610. The third kappa shape index (κ3) is 8.68. The van der Waals surface area contributed by atoms with E-state index in [-0.39, 0.29) is 11.4 Å². The molecule has 0 atom stereocenters. The maximum atomic E-state index is 7.22. The smallest absolute Gasteiger partial charge is 0.0918 e. The third-order valence-corrected chi connectivity index (χ3v) is 2.31. The lowest BCUT2D eigenvalue weighted by Gasteiger charge is -2.28. The number of amidine groups is 1. The molecule has 3 N–H and O–H groups in total. The molecule has 0 aromatic rings. The maximum absolute atomic E-state index is 7.22. The normalized spacial score (nSPS) is 12.4. The number of hydrogen-bond acceptors (Lipinski definition) is 3. The van der Waals surface area contributed by atoms with E-state index in [0.717, 1.165) is 19.7 Å². The van der Waals surface area contributed by atoms with Gasteiger partial charge in [-0.3, -0.25) is 10.3 Å². The van der Waals surface area contributed by atoms with E-state index in [2.05, 4.69) is 39.5 Å². The van der Waals surface area contributed by atoms with E-state index in [1.807, 2.05) is 0 Å². The highest BCUT2D eigenvalue weighted by molar-refractivity contribution is 5.76. The van der Waals surface area contributed by atoms with Gasteiger partial charge in [-0.15, -0.1) is 0 Å². The van der Waals surface area contributed by atoms with Crippen molar-refractivity contribution in [1.82, 2.24) is 4.90 Å². The van der Waals surface area contributed by atoms with Crippen LogP contribution in [0.3, 0.4) is 0 Å². The molecule has 96 valence electrons. The van der Waals surface area contributed by atoms with Gasteiger partial charge in [0.15, 0.2) is 0 Å². The first kappa shape index (κ1) is 15.4. The number of nitrogens with one attached hydrogen (secondary N) is 1. The molecule has 0 aliphatic carbocycles. The van der Waals surface area contributed by atoms with E-state index in [1.165, 1.54) is 0 Å². The topological polar surface area (TPSA) is 62.3 Å². The molecule has 16 heavy (non-hydrogen) atoms. The first-order valence-electron chi connectivity index (χ1n) is 5.93. The average Bonchev–Trinajstić information content (AvgIpc) is 2.07. The van der Waals surface area contributed by atoms with Gasteiger partial charge in [0.2, 0.25) is 0 Å². The van der Waals surface area contributed by atoms with Crippen molar-refractivity contribution in [1.29, 1.82) is 5.41 Å². The van der Waals surface area contributed by atoms with Crippen LogP contribution in [-0.4, -0.2) is 42.1 Å². The van der Waals surface area contributed by atoms with Crippen LogP contribution in [0.25, 0.3) is 0 Å². The van der Waals surface area contributed by atoms with Gasteiger partial charge in [-0.25, -0.2) is 0 Å². The van der Waals surface area contributed by atoms with Crippen LogP contribution in [0.2, 0.25) is 0 Å². The Balaban J connectivity index is 3.90. The largest absolute Gasteiger partial charge is 0.388 e. The highest BCUT2D eigenvalue weighted by Crippen LogP contribution is 2.07. The van der Waals surface area contributed by atoms with Gasteiger partial charge < -0.3 is 10.5 Å². The molecule has 4 nitrogen and oxygen atoms in total. The lowest BCUT2D eigenvalue weighted by atomic mass is 10.2. The van der Waals surface area contributed by atoms with Crippen molar-refractivity contribution in [3.05, 3.63) is 0 Å². The summed E-state index contributed by atoms with van der Waals surface area (Å²) >= 11 is 0. The zero-order valence-electron chi connectivity index (χ0n) is 11.3. The molecule has 0 aromatic carbocycles. The summed E-state index contributed by atoms with van der Waals surface area (Å²) in [6.07, 6.45) is 0.633. The number of rotatable bonds is 7. The number of nitrogens with two attached hydrogens (primary N) is 1. The molecule has 0 unspecified atom stereocenters. The lowest BCUT2D eigenvalue weighted by molar-refractivity contribution is -0.0159. The second-order valence-corrected chi connectivity index (χ2v) is 5.37. The van der Waals surface area contributed by atoms with E-state index >= 15 is 0 Å². The number of hydrogen-bond donors (Lipinski definition) is 2. The van der Waals surface area contributed by atoms with E-state index in [4.69, 9.17) is 15.9 Å². The highest BCUT2D eigenvalue weighted by atomic mass is 16.5. The van der Waals surface area contributed by atoms with Crippen LogP contribution in [0.5, 0.6) is 0 Å². The zero-order valence-corrected chi connectivity index (χ0v) is 11.3. The van der Waals surface area contributed by atoms with Crippen molar-refractivity contribution in [2.24, 2.45) is 5.73 Å². The van der Waals surface area contributed by atoms with E-state index in [0.29, 0.717) is 12.5 Å². The van der Waals surface area contributed by atoms with Crippen LogP contribution < -0.4 is 5.73 Å². The van der Waals surface area contributed by atoms with Gasteiger partial charge in [0, 0.05) is 25.6 Å². The maximum Gasteiger partial charge on any atom is 0.0918 e. The molecule has 4 heteroatoms. The molecular weight excluding hydrogens is 202 g/mol. The van der Waals surface area contributed by atoms with Crippen molar-refractivity contribution in [2.75, 3.05) is 19.7 Å². The van der Waals surface area contributed by atoms with Gasteiger partial charge >= 0.3 is 0 Å². The summed E-state index contributed by atoms with van der Waals surface area (Å²) in [5.74, 6) is 0.252. The van der Waals surface area contributed by atoms with Crippen molar-refractivity contribution >= 4 is 5.84 Å². The van der Waals surface area contributed by atoms with Gasteiger partial charge in [0.1, 0.15) is 0 Å². The van der Waals surface area contributed by atoms with E-state index in [1.54, 1.807) is 0 Å². The Morgan fingerprint density at radius 3 is 2.25 bits per heavy atom. The summed E-state index contributed by atoms with van der Waals surface area (Å²) in [7, 11) is 0. The van der Waals surface area contributed by atoms with Crippen LogP contribution in [0.4, 0.5) is 0 Å². The molecule has 0 aromatic heterocycles. The standard InChI is InChI=1S/C12H27N3O/c1-10(2)15(7-6-11(13)14)8-9-16-12(3,4)5/h10H,6-9H2,1-5H3,(H3,13,14). The monoisotopic (exact) mass is 229 g/mol. The summed E-state index contributed by atoms with van der Waals surface area (Å²) in [4.78, 5) is 2.28. The third-order valence-electron chi connectivity index (χ3n) is 2.31. The second-order valence-electron chi connectivity index (χ2n) is 5.37. The van der Waals surface area contributed by atoms with Crippen LogP contribution >= 0.6 is 0 Å². The molecule has 0 saturated carbocycles. The predicted octanol–water partition coefficient (Wildman–Crippen LogP) is 1.84. The summed E-state index contributed by atoms with van der Waals surface area (Å²) in [5.41, 5.74) is 5.28. The lowest BCUT2D eigenvalue weighted by Crippen LogP contribution is -2.37. The summed E-state index contributed by atoms with van der Waals surface area (Å²) in [5, 5.41) is 7.22. The Morgan fingerprint density at radius 1 is 1.31 bits per heavy atom. The fourth-order valence-electron chi connectivity index (χ4n) is 1.36. The predicted molar refractivity (Wildman–Crippen MR) is 68.9 cm³/mol. The highest BCUT2D eigenvalue weighted by Gasteiger charge is 2.13. The molecule has 0 bridgehead atoms. The minimum atomic E-state index is -0.0801. The quantitative estimate of drug-likeness (QED) is 0.517. The van der Waals surface area contributed by atoms with Crippen LogP contribution in [0.15, 0.2) is 0 Å². The van der Waals surface area contributed by atoms with Gasteiger partial charge in [-0.05, 0) is 34.6 Å². The minimum Gasteiger partial charge on any atom is -0.388 e. The van der Waals surface area contributed by atoms with Crippen LogP contribution in [0, 0.1) is 5.41 Å². The Kier molecular flexibility index (Phi) is 6.60. The molecular formula is C12H27N3O. The SMILES string of the molecule is CC(C)N(CCOC(C)(C)C)CCC(=N)N. The van der Waals surface area contributed by atoms with E-state index in [9.17, 15) is 0 Å². The number of ether oxygens (including phenoxy) is 1. The zero-order chi connectivity index (χ0) is 12.8. The Bertz CT molecular complexity index is 209. The molecule has 0 fully saturated rings. The van der Waals surface area contributed by atoms with Crippen molar-refractivity contribution in [2.45, 2.75) is 52.7 Å². The second kappa shape index (κ2) is 6.86.